The molecule has 0 spiro atoms. The van der Waals surface area contributed by atoms with Crippen LogP contribution in [-0.4, -0.2) is 27.2 Å². The van der Waals surface area contributed by atoms with Crippen LogP contribution in [0.2, 0.25) is 0 Å². The van der Waals surface area contributed by atoms with E-state index in [1.807, 2.05) is 13.8 Å². The molecule has 0 fully saturated rings. The molecular formula is C19H19NO5S. The largest absolute Gasteiger partial charge is 0.378 e. The molecule has 0 aliphatic heterocycles. The summed E-state index contributed by atoms with van der Waals surface area (Å²) in [5.74, 6) is -0.340. The quantitative estimate of drug-likeness (QED) is 0.833. The Balaban J connectivity index is 1.97. The molecule has 2 aromatic rings. The molecule has 7 heteroatoms. The van der Waals surface area contributed by atoms with E-state index in [0.29, 0.717) is 17.5 Å². The number of Topliss-reactive ketones (excluding diaryl/α,β-unsaturated/α-hetero) is 1. The maximum Gasteiger partial charge on any atom is 0.339 e. The fourth-order valence-corrected chi connectivity index (χ4v) is 4.20. The molecule has 1 atom stereocenters. The maximum absolute atomic E-state index is 12.6. The van der Waals surface area contributed by atoms with E-state index in [4.69, 9.17) is 4.18 Å². The SMILES string of the molecule is CNC(=O)c1ccc(S(=O)(=O)Oc2ccc(C)c3c2C(=O)C[C@H]3C)cc1. The fourth-order valence-electron chi connectivity index (χ4n) is 3.26. The second kappa shape index (κ2) is 6.57. The third kappa shape index (κ3) is 3.10. The van der Waals surface area contributed by atoms with Crippen molar-refractivity contribution in [2.75, 3.05) is 7.05 Å². The number of carbonyl (C=O) groups excluding carboxylic acids is 2. The molecule has 0 saturated carbocycles. The lowest BCUT2D eigenvalue weighted by molar-refractivity contribution is 0.0960. The zero-order valence-electron chi connectivity index (χ0n) is 14.7. The lowest BCUT2D eigenvalue weighted by Crippen LogP contribution is -2.18. The Morgan fingerprint density at radius 1 is 1.15 bits per heavy atom. The van der Waals surface area contributed by atoms with Gasteiger partial charge in [0.1, 0.15) is 4.90 Å². The third-order valence-corrected chi connectivity index (χ3v) is 5.77. The van der Waals surface area contributed by atoms with Gasteiger partial charge in [-0.2, -0.15) is 8.42 Å². The number of ketones is 1. The minimum Gasteiger partial charge on any atom is -0.378 e. The van der Waals surface area contributed by atoms with E-state index < -0.39 is 10.1 Å². The molecule has 0 aromatic heterocycles. The van der Waals surface area contributed by atoms with Crippen LogP contribution in [0.25, 0.3) is 0 Å². The van der Waals surface area contributed by atoms with Crippen LogP contribution in [0, 0.1) is 6.92 Å². The minimum atomic E-state index is -4.12. The van der Waals surface area contributed by atoms with Gasteiger partial charge in [-0.3, -0.25) is 9.59 Å². The predicted octanol–water partition coefficient (Wildman–Crippen LogP) is 2.81. The van der Waals surface area contributed by atoms with Crippen molar-refractivity contribution < 1.29 is 22.2 Å². The summed E-state index contributed by atoms with van der Waals surface area (Å²) in [6.07, 6.45) is 0.345. The van der Waals surface area contributed by atoms with Gasteiger partial charge in [-0.15, -0.1) is 0 Å². The average molecular weight is 373 g/mol. The van der Waals surface area contributed by atoms with Crippen LogP contribution >= 0.6 is 0 Å². The molecule has 0 bridgehead atoms. The van der Waals surface area contributed by atoms with Crippen molar-refractivity contribution in [1.29, 1.82) is 0 Å². The second-order valence-corrected chi connectivity index (χ2v) is 7.88. The van der Waals surface area contributed by atoms with Crippen LogP contribution in [0.1, 0.15) is 51.1 Å². The van der Waals surface area contributed by atoms with Crippen LogP contribution in [0.3, 0.4) is 0 Å². The summed E-state index contributed by atoms with van der Waals surface area (Å²) >= 11 is 0. The van der Waals surface area contributed by atoms with Gasteiger partial charge >= 0.3 is 10.1 Å². The molecule has 3 rings (SSSR count). The van der Waals surface area contributed by atoms with Gasteiger partial charge in [-0.25, -0.2) is 0 Å². The number of hydrogen-bond acceptors (Lipinski definition) is 5. The molecule has 0 unspecified atom stereocenters. The van der Waals surface area contributed by atoms with Crippen molar-refractivity contribution in [1.82, 2.24) is 5.32 Å². The van der Waals surface area contributed by atoms with Gasteiger partial charge in [0, 0.05) is 19.0 Å². The zero-order valence-corrected chi connectivity index (χ0v) is 15.5. The molecule has 1 aliphatic carbocycles. The third-order valence-electron chi connectivity index (χ3n) is 4.52. The van der Waals surface area contributed by atoms with Crippen molar-refractivity contribution in [3.8, 4) is 5.75 Å². The van der Waals surface area contributed by atoms with E-state index in [2.05, 4.69) is 5.32 Å². The second-order valence-electron chi connectivity index (χ2n) is 6.34. The highest BCUT2D eigenvalue weighted by atomic mass is 32.2. The van der Waals surface area contributed by atoms with Gasteiger partial charge in [0.15, 0.2) is 11.5 Å². The first kappa shape index (κ1) is 18.1. The Kier molecular flexibility index (Phi) is 4.58. The summed E-state index contributed by atoms with van der Waals surface area (Å²) in [5.41, 5.74) is 2.48. The molecule has 1 aliphatic rings. The standard InChI is InChI=1S/C19H19NO5S/c1-11-4-9-16(18-15(21)10-12(2)17(11)18)25-26(23,24)14-7-5-13(6-8-14)19(22)20-3/h4-9,12H,10H2,1-3H3,(H,20,22)/t12-/m1/s1. The Bertz CT molecular complexity index is 993. The normalized spacial score (nSPS) is 16.3. The minimum absolute atomic E-state index is 0.0376. The lowest BCUT2D eigenvalue weighted by Gasteiger charge is -2.13. The number of benzene rings is 2. The summed E-state index contributed by atoms with van der Waals surface area (Å²) in [6.45, 7) is 3.83. The lowest BCUT2D eigenvalue weighted by atomic mass is 9.98. The Morgan fingerprint density at radius 2 is 1.81 bits per heavy atom. The Hall–Kier alpha value is -2.67. The number of hydrogen-bond donors (Lipinski definition) is 1. The van der Waals surface area contributed by atoms with Gasteiger partial charge in [0.05, 0.1) is 5.56 Å². The summed E-state index contributed by atoms with van der Waals surface area (Å²) < 4.78 is 30.5. The van der Waals surface area contributed by atoms with Gasteiger partial charge < -0.3 is 9.50 Å². The topological polar surface area (TPSA) is 89.5 Å². The Morgan fingerprint density at radius 3 is 2.42 bits per heavy atom. The van der Waals surface area contributed by atoms with Crippen molar-refractivity contribution in [2.45, 2.75) is 31.1 Å². The highest BCUT2D eigenvalue weighted by Gasteiger charge is 2.32. The first-order valence-electron chi connectivity index (χ1n) is 8.18. The molecule has 0 heterocycles. The first-order valence-corrected chi connectivity index (χ1v) is 9.58. The van der Waals surface area contributed by atoms with Crippen molar-refractivity contribution in [3.05, 3.63) is 58.7 Å². The molecule has 2 aromatic carbocycles. The van der Waals surface area contributed by atoms with Gasteiger partial charge in [0.25, 0.3) is 5.91 Å². The number of fused-ring (bicyclic) bond motifs is 1. The van der Waals surface area contributed by atoms with E-state index >= 15 is 0 Å². The number of rotatable bonds is 4. The van der Waals surface area contributed by atoms with Crippen molar-refractivity contribution >= 4 is 21.8 Å². The molecule has 1 amide bonds. The highest BCUT2D eigenvalue weighted by Crippen LogP contribution is 2.40. The number of amides is 1. The van der Waals surface area contributed by atoms with Gasteiger partial charge in [-0.1, -0.05) is 13.0 Å². The van der Waals surface area contributed by atoms with Crippen molar-refractivity contribution in [2.24, 2.45) is 0 Å². The van der Waals surface area contributed by atoms with E-state index in [-0.39, 0.29) is 28.3 Å². The molecule has 1 N–H and O–H groups in total. The van der Waals surface area contributed by atoms with Crippen LogP contribution in [-0.2, 0) is 10.1 Å². The molecule has 6 nitrogen and oxygen atoms in total. The Labute approximate surface area is 152 Å². The molecule has 0 saturated heterocycles. The van der Waals surface area contributed by atoms with E-state index in [9.17, 15) is 18.0 Å². The van der Waals surface area contributed by atoms with Crippen molar-refractivity contribution in [3.63, 3.8) is 0 Å². The fraction of sp³-hybridized carbons (Fsp3) is 0.263. The van der Waals surface area contributed by atoms with Gasteiger partial charge in [0.2, 0.25) is 0 Å². The predicted molar refractivity (Wildman–Crippen MR) is 96.2 cm³/mol. The summed E-state index contributed by atoms with van der Waals surface area (Å²) in [5, 5.41) is 2.46. The number of aryl methyl sites for hydroxylation is 1. The molecule has 26 heavy (non-hydrogen) atoms. The zero-order chi connectivity index (χ0) is 19.1. The van der Waals surface area contributed by atoms with Crippen LogP contribution in [0.5, 0.6) is 5.75 Å². The summed E-state index contributed by atoms with van der Waals surface area (Å²) in [4.78, 5) is 23.8. The molecule has 0 radical (unpaired) electrons. The van der Waals surface area contributed by atoms with E-state index in [1.165, 1.54) is 37.4 Å². The smallest absolute Gasteiger partial charge is 0.339 e. The molecule has 136 valence electrons. The monoisotopic (exact) mass is 373 g/mol. The molecular weight excluding hydrogens is 354 g/mol. The van der Waals surface area contributed by atoms with Crippen LogP contribution in [0.4, 0.5) is 0 Å². The number of nitrogens with one attached hydrogen (secondary N) is 1. The number of carbonyl (C=O) groups is 2. The summed E-state index contributed by atoms with van der Waals surface area (Å²) in [6, 6.07) is 8.69. The highest BCUT2D eigenvalue weighted by molar-refractivity contribution is 7.87. The van der Waals surface area contributed by atoms with E-state index in [0.717, 1.165) is 11.1 Å². The maximum atomic E-state index is 12.6. The van der Waals surface area contributed by atoms with E-state index in [1.54, 1.807) is 6.07 Å². The van der Waals surface area contributed by atoms with Crippen LogP contribution < -0.4 is 9.50 Å². The van der Waals surface area contributed by atoms with Crippen LogP contribution in [0.15, 0.2) is 41.3 Å². The summed E-state index contributed by atoms with van der Waals surface area (Å²) in [7, 11) is -2.63. The first-order chi connectivity index (χ1) is 12.2. The van der Waals surface area contributed by atoms with Gasteiger partial charge in [-0.05, 0) is 54.3 Å². The average Bonchev–Trinajstić information content (AvgIpc) is 2.92.